The molecule has 132 valence electrons. The summed E-state index contributed by atoms with van der Waals surface area (Å²) in [5.74, 6) is -2.29. The molecule has 0 saturated heterocycles. The zero-order chi connectivity index (χ0) is 18.8. The average molecular weight is 371 g/mol. The molecule has 2 aromatic carbocycles. The lowest BCUT2D eigenvalue weighted by atomic mass is 10.1. The molecule has 0 fully saturated rings. The van der Waals surface area contributed by atoms with Crippen LogP contribution in [0.15, 0.2) is 36.4 Å². The van der Waals surface area contributed by atoms with Crippen LogP contribution in [-0.4, -0.2) is 11.8 Å². The third-order valence-electron chi connectivity index (χ3n) is 3.38. The monoisotopic (exact) mass is 370 g/mol. The molecule has 0 unspecified atom stereocenters. The van der Waals surface area contributed by atoms with Gasteiger partial charge in [0.25, 0.3) is 0 Å². The summed E-state index contributed by atoms with van der Waals surface area (Å²) >= 11 is 5.57. The third-order valence-corrected chi connectivity index (χ3v) is 3.62. The first-order valence-electron chi connectivity index (χ1n) is 7.14. The number of carbonyl (C=O) groups excluding carboxylic acids is 2. The van der Waals surface area contributed by atoms with Crippen LogP contribution < -0.4 is 10.6 Å². The molecule has 0 aromatic heterocycles. The van der Waals surface area contributed by atoms with E-state index in [1.807, 2.05) is 11.4 Å². The molecule has 25 heavy (non-hydrogen) atoms. The minimum atomic E-state index is -4.73. The lowest BCUT2D eigenvalue weighted by Gasteiger charge is -2.14. The molecule has 2 N–H and O–H groups in total. The summed E-state index contributed by atoms with van der Waals surface area (Å²) in [6, 6.07) is 8.10. The highest BCUT2D eigenvalue weighted by atomic mass is 35.5. The van der Waals surface area contributed by atoms with Gasteiger partial charge in [0.2, 0.25) is 0 Å². The number of nitrogens with one attached hydrogen (secondary N) is 2. The van der Waals surface area contributed by atoms with Gasteiger partial charge in [-0.1, -0.05) is 23.7 Å². The Morgan fingerprint density at radius 1 is 0.920 bits per heavy atom. The summed E-state index contributed by atoms with van der Waals surface area (Å²) in [6.07, 6.45) is -4.73. The maximum Gasteiger partial charge on any atom is 0.418 e. The topological polar surface area (TPSA) is 58.2 Å². The lowest BCUT2D eigenvalue weighted by Crippen LogP contribution is -2.30. The van der Waals surface area contributed by atoms with Crippen LogP contribution in [0.5, 0.6) is 0 Å². The number of carbonyl (C=O) groups is 2. The van der Waals surface area contributed by atoms with Crippen molar-refractivity contribution in [3.8, 4) is 0 Å². The highest BCUT2D eigenvalue weighted by Crippen LogP contribution is 2.36. The first-order valence-corrected chi connectivity index (χ1v) is 7.52. The Morgan fingerprint density at radius 2 is 1.52 bits per heavy atom. The van der Waals surface area contributed by atoms with Crippen molar-refractivity contribution in [3.63, 3.8) is 0 Å². The summed E-state index contributed by atoms with van der Waals surface area (Å²) in [4.78, 5) is 23.9. The van der Waals surface area contributed by atoms with E-state index in [4.69, 9.17) is 11.6 Å². The van der Waals surface area contributed by atoms with Crippen molar-refractivity contribution >= 4 is 34.8 Å². The van der Waals surface area contributed by atoms with Crippen LogP contribution in [0.1, 0.15) is 16.7 Å². The number of hydrogen-bond acceptors (Lipinski definition) is 2. The fraction of sp³-hybridized carbons (Fsp3) is 0.176. The van der Waals surface area contributed by atoms with Gasteiger partial charge >= 0.3 is 18.0 Å². The van der Waals surface area contributed by atoms with E-state index in [2.05, 4.69) is 5.32 Å². The van der Waals surface area contributed by atoms with Crippen LogP contribution in [0.25, 0.3) is 0 Å². The largest absolute Gasteiger partial charge is 0.418 e. The average Bonchev–Trinajstić information content (AvgIpc) is 2.51. The molecule has 0 heterocycles. The summed E-state index contributed by atoms with van der Waals surface area (Å²) in [5.41, 5.74) is 0.311. The zero-order valence-corrected chi connectivity index (χ0v) is 14.0. The van der Waals surface area contributed by atoms with Gasteiger partial charge in [0.15, 0.2) is 0 Å². The quantitative estimate of drug-likeness (QED) is 0.762. The van der Waals surface area contributed by atoms with E-state index < -0.39 is 29.2 Å². The van der Waals surface area contributed by atoms with Gasteiger partial charge in [-0.15, -0.1) is 0 Å². The Hall–Kier alpha value is -2.54. The minimum Gasteiger partial charge on any atom is -0.318 e. The second-order valence-electron chi connectivity index (χ2n) is 5.41. The first-order chi connectivity index (χ1) is 11.6. The highest BCUT2D eigenvalue weighted by molar-refractivity contribution is 6.43. The van der Waals surface area contributed by atoms with E-state index in [0.29, 0.717) is 17.3 Å². The number of aryl methyl sites for hydroxylation is 2. The van der Waals surface area contributed by atoms with Crippen molar-refractivity contribution in [1.82, 2.24) is 0 Å². The number of amides is 2. The Bertz CT molecular complexity index is 835. The van der Waals surface area contributed by atoms with Crippen molar-refractivity contribution in [2.45, 2.75) is 20.0 Å². The van der Waals surface area contributed by atoms with E-state index in [0.717, 1.165) is 11.6 Å². The van der Waals surface area contributed by atoms with Crippen molar-refractivity contribution in [1.29, 1.82) is 0 Å². The molecule has 0 atom stereocenters. The number of hydrogen-bond donors (Lipinski definition) is 2. The summed E-state index contributed by atoms with van der Waals surface area (Å²) in [7, 11) is 0. The lowest BCUT2D eigenvalue weighted by molar-refractivity contribution is -0.137. The van der Waals surface area contributed by atoms with Gasteiger partial charge in [-0.25, -0.2) is 0 Å². The summed E-state index contributed by atoms with van der Waals surface area (Å²) < 4.78 is 39.0. The van der Waals surface area contributed by atoms with Crippen LogP contribution in [0.3, 0.4) is 0 Å². The molecule has 0 aliphatic rings. The van der Waals surface area contributed by atoms with E-state index in [9.17, 15) is 22.8 Å². The van der Waals surface area contributed by atoms with Gasteiger partial charge in [0, 0.05) is 10.7 Å². The molecular formula is C17H14ClF3N2O2. The van der Waals surface area contributed by atoms with E-state index in [-0.39, 0.29) is 5.02 Å². The first kappa shape index (κ1) is 18.8. The van der Waals surface area contributed by atoms with Crippen LogP contribution in [-0.2, 0) is 15.8 Å². The molecular weight excluding hydrogens is 357 g/mol. The third kappa shape index (κ3) is 4.73. The Balaban J connectivity index is 2.20. The molecule has 0 saturated carbocycles. The van der Waals surface area contributed by atoms with Crippen molar-refractivity contribution in [2.24, 2.45) is 0 Å². The maximum absolute atomic E-state index is 13.0. The molecule has 8 heteroatoms. The molecule has 2 aromatic rings. The molecule has 0 spiro atoms. The van der Waals surface area contributed by atoms with Gasteiger partial charge in [0.1, 0.15) is 0 Å². The van der Waals surface area contributed by atoms with Crippen LogP contribution in [0, 0.1) is 13.8 Å². The highest BCUT2D eigenvalue weighted by Gasteiger charge is 2.34. The Kier molecular flexibility index (Phi) is 5.37. The number of benzene rings is 2. The smallest absolute Gasteiger partial charge is 0.318 e. The van der Waals surface area contributed by atoms with Gasteiger partial charge in [0.05, 0.1) is 11.3 Å². The van der Waals surface area contributed by atoms with E-state index in [1.165, 1.54) is 6.07 Å². The van der Waals surface area contributed by atoms with Crippen molar-refractivity contribution in [3.05, 3.63) is 58.1 Å². The van der Waals surface area contributed by atoms with Crippen molar-refractivity contribution < 1.29 is 22.8 Å². The van der Waals surface area contributed by atoms with Crippen LogP contribution in [0.2, 0.25) is 5.02 Å². The molecule has 0 aliphatic heterocycles. The fourth-order valence-electron chi connectivity index (χ4n) is 2.09. The molecule has 0 bridgehead atoms. The fourth-order valence-corrected chi connectivity index (χ4v) is 2.26. The molecule has 4 nitrogen and oxygen atoms in total. The second-order valence-corrected chi connectivity index (χ2v) is 5.85. The van der Waals surface area contributed by atoms with Gasteiger partial charge in [-0.05, 0) is 49.2 Å². The summed E-state index contributed by atoms with van der Waals surface area (Å²) in [5, 5.41) is 4.22. The maximum atomic E-state index is 13.0. The number of anilines is 2. The SMILES string of the molecule is Cc1ccc(C)c(NC(=O)C(=O)Nc2ccc(Cl)cc2C(F)(F)F)c1. The number of alkyl halides is 3. The van der Waals surface area contributed by atoms with E-state index >= 15 is 0 Å². The van der Waals surface area contributed by atoms with E-state index in [1.54, 1.807) is 26.0 Å². The molecule has 2 rings (SSSR count). The van der Waals surface area contributed by atoms with Crippen LogP contribution >= 0.6 is 11.6 Å². The van der Waals surface area contributed by atoms with Gasteiger partial charge in [-0.2, -0.15) is 13.2 Å². The Labute approximate surface area is 147 Å². The normalized spacial score (nSPS) is 11.1. The second kappa shape index (κ2) is 7.14. The predicted octanol–water partition coefficient (Wildman–Crippen LogP) is 4.55. The number of rotatable bonds is 2. The zero-order valence-electron chi connectivity index (χ0n) is 13.3. The Morgan fingerprint density at radius 3 is 2.12 bits per heavy atom. The van der Waals surface area contributed by atoms with Gasteiger partial charge < -0.3 is 10.6 Å². The predicted molar refractivity (Wildman–Crippen MR) is 89.6 cm³/mol. The summed E-state index contributed by atoms with van der Waals surface area (Å²) in [6.45, 7) is 3.53. The standard InChI is InChI=1S/C17H14ClF3N2O2/c1-9-3-4-10(2)14(7-9)23-16(25)15(24)22-13-6-5-11(18)8-12(13)17(19,20)21/h3-8H,1-2H3,(H,22,24)(H,23,25). The molecule has 0 aliphatic carbocycles. The van der Waals surface area contributed by atoms with Crippen LogP contribution in [0.4, 0.5) is 24.5 Å². The molecule has 0 radical (unpaired) electrons. The minimum absolute atomic E-state index is 0.134. The molecule has 2 amide bonds. The van der Waals surface area contributed by atoms with Gasteiger partial charge in [-0.3, -0.25) is 9.59 Å². The van der Waals surface area contributed by atoms with Crippen molar-refractivity contribution in [2.75, 3.05) is 10.6 Å². The number of halogens is 4.